The molecule has 1 heterocycles. The van der Waals surface area contributed by atoms with E-state index in [-0.39, 0.29) is 23.1 Å². The molecule has 1 amide bonds. The molecule has 0 fully saturated rings. The maximum Gasteiger partial charge on any atom is 0.238 e. The molecule has 0 unspecified atom stereocenters. The zero-order valence-corrected chi connectivity index (χ0v) is 16.6. The smallest absolute Gasteiger partial charge is 0.238 e. The first kappa shape index (κ1) is 21.0. The molecular formula is C17H24ClN3OS2. The molecule has 0 aliphatic carbocycles. The van der Waals surface area contributed by atoms with Crippen LogP contribution in [0.2, 0.25) is 0 Å². The van der Waals surface area contributed by atoms with Crippen LogP contribution in [0.4, 0.5) is 0 Å². The van der Waals surface area contributed by atoms with Gasteiger partial charge in [-0.2, -0.15) is 11.8 Å². The Morgan fingerprint density at radius 2 is 2.04 bits per heavy atom. The molecule has 2 aromatic rings. The van der Waals surface area contributed by atoms with Gasteiger partial charge in [0, 0.05) is 16.5 Å². The summed E-state index contributed by atoms with van der Waals surface area (Å²) in [5.41, 5.74) is 8.14. The molecule has 0 radical (unpaired) electrons. The second-order valence-electron chi connectivity index (χ2n) is 5.90. The molecule has 0 bridgehead atoms. The van der Waals surface area contributed by atoms with E-state index in [1.54, 1.807) is 23.1 Å². The monoisotopic (exact) mass is 385 g/mol. The molecule has 24 heavy (non-hydrogen) atoms. The minimum absolute atomic E-state index is 0. The summed E-state index contributed by atoms with van der Waals surface area (Å²) in [6.07, 6.45) is 2.78. The van der Waals surface area contributed by atoms with Crippen molar-refractivity contribution in [1.82, 2.24) is 10.3 Å². The third kappa shape index (κ3) is 5.77. The minimum Gasteiger partial charge on any atom is -0.349 e. The Balaban J connectivity index is 0.00000288. The highest BCUT2D eigenvalue weighted by molar-refractivity contribution is 8.00. The lowest BCUT2D eigenvalue weighted by atomic mass is 10.0. The third-order valence-corrected chi connectivity index (χ3v) is 6.00. The van der Waals surface area contributed by atoms with Gasteiger partial charge in [0.25, 0.3) is 0 Å². The Morgan fingerprint density at radius 1 is 1.38 bits per heavy atom. The molecule has 1 aromatic heterocycles. The first-order chi connectivity index (χ1) is 10.9. The topological polar surface area (TPSA) is 68.0 Å². The van der Waals surface area contributed by atoms with Crippen LogP contribution < -0.4 is 11.1 Å². The number of hydrogen-bond acceptors (Lipinski definition) is 5. The maximum absolute atomic E-state index is 12.1. The first-order valence-electron chi connectivity index (χ1n) is 7.48. The summed E-state index contributed by atoms with van der Waals surface area (Å²) in [5, 5.41) is 5.92. The van der Waals surface area contributed by atoms with Crippen LogP contribution in [0, 0.1) is 0 Å². The van der Waals surface area contributed by atoms with Gasteiger partial charge in [-0.05, 0) is 25.7 Å². The van der Waals surface area contributed by atoms with Crippen LogP contribution in [0.5, 0.6) is 0 Å². The summed E-state index contributed by atoms with van der Waals surface area (Å²) in [5.74, 6) is -0.137. The van der Waals surface area contributed by atoms with Gasteiger partial charge >= 0.3 is 0 Å². The molecule has 0 saturated carbocycles. The number of rotatable bonds is 7. The Kier molecular flexibility index (Phi) is 8.22. The highest BCUT2D eigenvalue weighted by atomic mass is 35.5. The summed E-state index contributed by atoms with van der Waals surface area (Å²) in [7, 11) is 0. The van der Waals surface area contributed by atoms with Crippen LogP contribution in [0.3, 0.4) is 0 Å². The summed E-state index contributed by atoms with van der Waals surface area (Å²) in [4.78, 5) is 16.7. The third-order valence-electron chi connectivity index (χ3n) is 3.80. The standard InChI is InChI=1S/C17H23N3OS2.ClH/c1-17(2,22-3)15(18)16(21)19-10-13-11-23-14(20-13)9-12-7-5-4-6-8-12;/h4-8,11,15H,9-10,18H2,1-3H3,(H,19,21);1H/t15-;/m1./s1. The van der Waals surface area contributed by atoms with Crippen molar-refractivity contribution in [3.8, 4) is 0 Å². The zero-order chi connectivity index (χ0) is 16.9. The molecule has 0 spiro atoms. The highest BCUT2D eigenvalue weighted by Crippen LogP contribution is 2.24. The predicted molar refractivity (Wildman–Crippen MR) is 106 cm³/mol. The molecule has 132 valence electrons. The van der Waals surface area contributed by atoms with E-state index in [2.05, 4.69) is 22.4 Å². The van der Waals surface area contributed by atoms with Gasteiger partial charge in [-0.25, -0.2) is 4.98 Å². The number of hydrogen-bond donors (Lipinski definition) is 2. The number of nitrogens with one attached hydrogen (secondary N) is 1. The Labute approximate surface area is 158 Å². The fourth-order valence-corrected chi connectivity index (χ4v) is 3.20. The van der Waals surface area contributed by atoms with Crippen molar-refractivity contribution in [3.05, 3.63) is 52.0 Å². The maximum atomic E-state index is 12.1. The van der Waals surface area contributed by atoms with E-state index in [9.17, 15) is 4.79 Å². The Morgan fingerprint density at radius 3 is 2.67 bits per heavy atom. The number of thioether (sulfide) groups is 1. The fraction of sp³-hybridized carbons (Fsp3) is 0.412. The number of nitrogens with two attached hydrogens (primary N) is 1. The lowest BCUT2D eigenvalue weighted by Gasteiger charge is -2.28. The van der Waals surface area contributed by atoms with Crippen LogP contribution in [-0.2, 0) is 17.8 Å². The summed E-state index contributed by atoms with van der Waals surface area (Å²) in [6, 6.07) is 9.70. The second kappa shape index (κ2) is 9.42. The first-order valence-corrected chi connectivity index (χ1v) is 9.58. The molecule has 7 heteroatoms. The van der Waals surface area contributed by atoms with Crippen LogP contribution in [-0.4, -0.2) is 27.9 Å². The van der Waals surface area contributed by atoms with Gasteiger partial charge in [-0.1, -0.05) is 30.3 Å². The van der Waals surface area contributed by atoms with Gasteiger partial charge in [0.2, 0.25) is 5.91 Å². The Hall–Kier alpha value is -1.08. The number of nitrogens with zero attached hydrogens (tertiary/aromatic N) is 1. The van der Waals surface area contributed by atoms with Crippen LogP contribution >= 0.6 is 35.5 Å². The highest BCUT2D eigenvalue weighted by Gasteiger charge is 2.31. The molecule has 0 aliphatic rings. The lowest BCUT2D eigenvalue weighted by molar-refractivity contribution is -0.123. The summed E-state index contributed by atoms with van der Waals surface area (Å²) in [6.45, 7) is 4.37. The van der Waals surface area contributed by atoms with Crippen molar-refractivity contribution in [2.75, 3.05) is 6.26 Å². The molecule has 4 nitrogen and oxygen atoms in total. The van der Waals surface area contributed by atoms with Crippen molar-refractivity contribution >= 4 is 41.4 Å². The molecular weight excluding hydrogens is 362 g/mol. The zero-order valence-electron chi connectivity index (χ0n) is 14.1. The van der Waals surface area contributed by atoms with Gasteiger partial charge in [0.1, 0.15) is 0 Å². The van der Waals surface area contributed by atoms with Crippen LogP contribution in [0.1, 0.15) is 30.1 Å². The molecule has 0 saturated heterocycles. The van der Waals surface area contributed by atoms with Gasteiger partial charge in [-0.15, -0.1) is 23.7 Å². The molecule has 2 rings (SSSR count). The normalized spacial score (nSPS) is 12.3. The predicted octanol–water partition coefficient (Wildman–Crippen LogP) is 3.24. The van der Waals surface area contributed by atoms with Crippen molar-refractivity contribution in [2.45, 2.75) is 37.6 Å². The van der Waals surface area contributed by atoms with Gasteiger partial charge in [-0.3, -0.25) is 4.79 Å². The van der Waals surface area contributed by atoms with Crippen LogP contribution in [0.25, 0.3) is 0 Å². The summed E-state index contributed by atoms with van der Waals surface area (Å²) >= 11 is 3.21. The molecule has 0 aliphatic heterocycles. The number of halogens is 1. The number of aromatic nitrogens is 1. The largest absolute Gasteiger partial charge is 0.349 e. The average Bonchev–Trinajstić information content (AvgIpc) is 3.00. The van der Waals surface area contributed by atoms with E-state index >= 15 is 0 Å². The van der Waals surface area contributed by atoms with E-state index in [0.29, 0.717) is 6.54 Å². The molecule has 1 aromatic carbocycles. The molecule has 1 atom stereocenters. The van der Waals surface area contributed by atoms with Crippen molar-refractivity contribution < 1.29 is 4.79 Å². The molecule has 3 N–H and O–H groups in total. The average molecular weight is 386 g/mol. The van der Waals surface area contributed by atoms with Gasteiger partial charge in [0.05, 0.1) is 23.3 Å². The van der Waals surface area contributed by atoms with E-state index in [4.69, 9.17) is 5.73 Å². The van der Waals surface area contributed by atoms with E-state index in [1.807, 2.05) is 43.7 Å². The lowest BCUT2D eigenvalue weighted by Crippen LogP contribution is -2.51. The van der Waals surface area contributed by atoms with Crippen molar-refractivity contribution in [1.29, 1.82) is 0 Å². The number of amides is 1. The van der Waals surface area contributed by atoms with E-state index in [1.165, 1.54) is 5.56 Å². The number of thiazole rings is 1. The quantitative estimate of drug-likeness (QED) is 0.767. The van der Waals surface area contributed by atoms with Gasteiger partial charge in [0.15, 0.2) is 0 Å². The number of carbonyl (C=O) groups excluding carboxylic acids is 1. The fourth-order valence-electron chi connectivity index (χ4n) is 2.01. The minimum atomic E-state index is -0.542. The van der Waals surface area contributed by atoms with E-state index in [0.717, 1.165) is 17.1 Å². The van der Waals surface area contributed by atoms with Gasteiger partial charge < -0.3 is 11.1 Å². The van der Waals surface area contributed by atoms with Crippen molar-refractivity contribution in [3.63, 3.8) is 0 Å². The van der Waals surface area contributed by atoms with E-state index < -0.39 is 6.04 Å². The summed E-state index contributed by atoms with van der Waals surface area (Å²) < 4.78 is -0.287. The Bertz CT molecular complexity index is 646. The number of benzene rings is 1. The van der Waals surface area contributed by atoms with Crippen molar-refractivity contribution in [2.24, 2.45) is 5.73 Å². The second-order valence-corrected chi connectivity index (χ2v) is 8.30. The number of carbonyl (C=O) groups is 1. The SMILES string of the molecule is CSC(C)(C)[C@H](N)C(=O)NCc1csc(Cc2ccccc2)n1.Cl. The van der Waals surface area contributed by atoms with Crippen LogP contribution in [0.15, 0.2) is 35.7 Å².